The average molecular weight is 656 g/mol. The van der Waals surface area contributed by atoms with Crippen molar-refractivity contribution in [2.75, 3.05) is 26.8 Å². The Morgan fingerprint density at radius 3 is 2.43 bits per heavy atom. The van der Waals surface area contributed by atoms with Gasteiger partial charge in [0, 0.05) is 42.9 Å². The Kier molecular flexibility index (Phi) is 11.9. The number of carbonyl (C=O) groups excluding carboxylic acids is 2. The number of methoxy groups -OCH3 is 1. The summed E-state index contributed by atoms with van der Waals surface area (Å²) in [4.78, 5) is 28.9. The van der Waals surface area contributed by atoms with Crippen LogP contribution in [0.4, 0.5) is 8.78 Å². The molecule has 3 aromatic carbocycles. The highest BCUT2D eigenvalue weighted by Gasteiger charge is 2.44. The fraction of sp³-hybridized carbons (Fsp3) is 0.444. The van der Waals surface area contributed by atoms with Crippen LogP contribution in [0.2, 0.25) is 0 Å². The van der Waals surface area contributed by atoms with Crippen LogP contribution < -0.4 is 10.6 Å². The molecule has 2 fully saturated rings. The summed E-state index contributed by atoms with van der Waals surface area (Å²) < 4.78 is 33.5. The van der Waals surface area contributed by atoms with E-state index in [1.165, 1.54) is 17.7 Å². The summed E-state index contributed by atoms with van der Waals surface area (Å²) in [6, 6.07) is 15.7. The van der Waals surface area contributed by atoms with Crippen molar-refractivity contribution in [2.45, 2.75) is 76.1 Å². The Morgan fingerprint density at radius 2 is 1.76 bits per heavy atom. The normalized spacial score (nSPS) is 18.0. The molecule has 0 aromatic heterocycles. The van der Waals surface area contributed by atoms with E-state index < -0.39 is 29.7 Å². The number of aliphatic hydroxyl groups excluding tert-OH is 1. The van der Waals surface area contributed by atoms with Crippen LogP contribution in [-0.4, -0.2) is 66.8 Å². The standard InChI is InChI=1S/C36H43F2N3O4.ClH/c1-4-24-7-5-8-28(15-24)36(10-11-36)39-21-33(42)32(18-25-16-29(37)20-30(38)17-25)40-34(43)26-13-23(2)14-27(19-26)35(44)41-12-6-9-31(41)22-45-3;/h5,7-8,13-17,19-20,31-33,39,42H,4,6,9-12,18,21-22H2,1-3H3,(H,40,43);1H/t31-,32+,33+;/m1./s1. The number of rotatable bonds is 13. The van der Waals surface area contributed by atoms with Gasteiger partial charge >= 0.3 is 0 Å². The average Bonchev–Trinajstić information content (AvgIpc) is 3.68. The summed E-state index contributed by atoms with van der Waals surface area (Å²) in [6.07, 6.45) is 3.44. The third-order valence-electron chi connectivity index (χ3n) is 9.03. The molecule has 1 saturated heterocycles. The summed E-state index contributed by atoms with van der Waals surface area (Å²) in [5.74, 6) is -2.11. The fourth-order valence-electron chi connectivity index (χ4n) is 6.41. The summed E-state index contributed by atoms with van der Waals surface area (Å²) >= 11 is 0. The van der Waals surface area contributed by atoms with Crippen molar-refractivity contribution in [1.29, 1.82) is 0 Å². The monoisotopic (exact) mass is 655 g/mol. The van der Waals surface area contributed by atoms with E-state index in [1.807, 2.05) is 13.0 Å². The van der Waals surface area contributed by atoms with Gasteiger partial charge in [-0.1, -0.05) is 31.2 Å². The summed E-state index contributed by atoms with van der Waals surface area (Å²) in [5.41, 5.74) is 3.86. The second-order valence-corrected chi connectivity index (χ2v) is 12.5. The van der Waals surface area contributed by atoms with E-state index in [-0.39, 0.29) is 48.4 Å². The maximum atomic E-state index is 14.1. The number of ether oxygens (including phenoxy) is 1. The molecule has 1 saturated carbocycles. The second-order valence-electron chi connectivity index (χ2n) is 12.5. The van der Waals surface area contributed by atoms with E-state index in [2.05, 4.69) is 35.8 Å². The minimum absolute atomic E-state index is 0. The van der Waals surface area contributed by atoms with Gasteiger partial charge in [-0.15, -0.1) is 12.4 Å². The van der Waals surface area contributed by atoms with Crippen LogP contribution in [0.15, 0.2) is 60.7 Å². The molecule has 0 radical (unpaired) electrons. The first-order chi connectivity index (χ1) is 21.6. The van der Waals surface area contributed by atoms with Gasteiger partial charge in [-0.3, -0.25) is 9.59 Å². The van der Waals surface area contributed by atoms with E-state index in [4.69, 9.17) is 4.74 Å². The fourth-order valence-corrected chi connectivity index (χ4v) is 6.41. The number of aliphatic hydroxyl groups is 1. The maximum Gasteiger partial charge on any atom is 0.254 e. The van der Waals surface area contributed by atoms with Crippen molar-refractivity contribution in [1.82, 2.24) is 15.5 Å². The molecule has 248 valence electrons. The van der Waals surface area contributed by atoms with Crippen LogP contribution in [0.5, 0.6) is 0 Å². The van der Waals surface area contributed by atoms with Crippen LogP contribution in [0.3, 0.4) is 0 Å². The van der Waals surface area contributed by atoms with Crippen molar-refractivity contribution in [3.63, 3.8) is 0 Å². The largest absolute Gasteiger partial charge is 0.390 e. The first-order valence-corrected chi connectivity index (χ1v) is 15.8. The maximum absolute atomic E-state index is 14.1. The molecule has 5 rings (SSSR count). The zero-order valence-corrected chi connectivity index (χ0v) is 27.5. The van der Waals surface area contributed by atoms with Gasteiger partial charge in [-0.05, 0) is 98.0 Å². The number of nitrogens with one attached hydrogen (secondary N) is 2. The van der Waals surface area contributed by atoms with Gasteiger partial charge in [0.05, 0.1) is 24.8 Å². The van der Waals surface area contributed by atoms with Crippen LogP contribution >= 0.6 is 12.4 Å². The number of nitrogens with zero attached hydrogens (tertiary/aromatic N) is 1. The molecule has 10 heteroatoms. The Labute approximate surface area is 276 Å². The molecule has 2 amide bonds. The Balaban J connectivity index is 0.00000480. The third-order valence-corrected chi connectivity index (χ3v) is 9.03. The molecule has 46 heavy (non-hydrogen) atoms. The molecule has 3 aromatic rings. The number of halogens is 3. The van der Waals surface area contributed by atoms with E-state index in [9.17, 15) is 23.5 Å². The molecule has 0 spiro atoms. The molecule has 0 bridgehead atoms. The molecule has 7 nitrogen and oxygen atoms in total. The van der Waals surface area contributed by atoms with Gasteiger partial charge in [0.1, 0.15) is 11.6 Å². The van der Waals surface area contributed by atoms with Crippen molar-refractivity contribution in [3.05, 3.63) is 106 Å². The summed E-state index contributed by atoms with van der Waals surface area (Å²) in [7, 11) is 1.61. The van der Waals surface area contributed by atoms with Crippen molar-refractivity contribution < 1.29 is 28.2 Å². The van der Waals surface area contributed by atoms with Gasteiger partial charge < -0.3 is 25.4 Å². The smallest absolute Gasteiger partial charge is 0.254 e. The number of amides is 2. The van der Waals surface area contributed by atoms with Crippen molar-refractivity contribution >= 4 is 24.2 Å². The number of hydrogen-bond donors (Lipinski definition) is 3. The number of hydrogen-bond acceptors (Lipinski definition) is 5. The van der Waals surface area contributed by atoms with Gasteiger partial charge in [0.2, 0.25) is 0 Å². The molecular formula is C36H44ClF2N3O4. The third kappa shape index (κ3) is 8.50. The Bertz CT molecular complexity index is 1510. The summed E-state index contributed by atoms with van der Waals surface area (Å²) in [6.45, 7) is 5.16. The minimum atomic E-state index is -1.07. The van der Waals surface area contributed by atoms with Gasteiger partial charge in [-0.25, -0.2) is 8.78 Å². The molecule has 3 atom stereocenters. The van der Waals surface area contributed by atoms with Gasteiger partial charge in [0.25, 0.3) is 11.8 Å². The number of likely N-dealkylation sites (tertiary alicyclic amines) is 1. The van der Waals surface area contributed by atoms with E-state index >= 15 is 0 Å². The van der Waals surface area contributed by atoms with E-state index in [0.717, 1.165) is 49.3 Å². The molecule has 1 aliphatic carbocycles. The molecular weight excluding hydrogens is 612 g/mol. The topological polar surface area (TPSA) is 90.9 Å². The van der Waals surface area contributed by atoms with E-state index in [0.29, 0.717) is 24.3 Å². The van der Waals surface area contributed by atoms with Crippen LogP contribution in [0.25, 0.3) is 0 Å². The predicted molar refractivity (Wildman–Crippen MR) is 176 cm³/mol. The van der Waals surface area contributed by atoms with Crippen LogP contribution in [-0.2, 0) is 23.1 Å². The van der Waals surface area contributed by atoms with Gasteiger partial charge in [0.15, 0.2) is 0 Å². The first-order valence-electron chi connectivity index (χ1n) is 15.8. The molecule has 2 aliphatic rings. The first kappa shape index (κ1) is 35.5. The molecule has 1 aliphatic heterocycles. The highest BCUT2D eigenvalue weighted by Crippen LogP contribution is 2.45. The van der Waals surface area contributed by atoms with E-state index in [1.54, 1.807) is 30.2 Å². The minimum Gasteiger partial charge on any atom is -0.390 e. The highest BCUT2D eigenvalue weighted by atomic mass is 35.5. The number of benzene rings is 3. The Hall–Kier alpha value is -3.37. The molecule has 1 heterocycles. The molecule has 0 unspecified atom stereocenters. The Morgan fingerprint density at radius 1 is 1.04 bits per heavy atom. The summed E-state index contributed by atoms with van der Waals surface area (Å²) in [5, 5.41) is 17.8. The quantitative estimate of drug-likeness (QED) is 0.227. The number of aryl methyl sites for hydroxylation is 2. The van der Waals surface area contributed by atoms with Crippen molar-refractivity contribution in [3.8, 4) is 0 Å². The van der Waals surface area contributed by atoms with Crippen LogP contribution in [0, 0.1) is 18.6 Å². The van der Waals surface area contributed by atoms with Crippen LogP contribution in [0.1, 0.15) is 75.6 Å². The lowest BCUT2D eigenvalue weighted by Gasteiger charge is -2.28. The second kappa shape index (κ2) is 15.5. The zero-order chi connectivity index (χ0) is 32.1. The number of carbonyl (C=O) groups is 2. The predicted octanol–water partition coefficient (Wildman–Crippen LogP) is 5.49. The molecule has 3 N–H and O–H groups in total. The lowest BCUT2D eigenvalue weighted by molar-refractivity contribution is 0.0630. The lowest BCUT2D eigenvalue weighted by Crippen LogP contribution is -2.50. The highest BCUT2D eigenvalue weighted by molar-refractivity contribution is 6.00. The SMILES string of the molecule is CCc1cccc(C2(NC[C@H](O)[C@H](Cc3cc(F)cc(F)c3)NC(=O)c3cc(C)cc(C(=O)N4CCC[C@@H]4COC)c3)CC2)c1.Cl. The van der Waals surface area contributed by atoms with Gasteiger partial charge in [-0.2, -0.15) is 0 Å². The zero-order valence-electron chi connectivity index (χ0n) is 26.7. The van der Waals surface area contributed by atoms with Crippen molar-refractivity contribution in [2.24, 2.45) is 0 Å². The lowest BCUT2D eigenvalue weighted by atomic mass is 9.97.